The number of alkyl halides is 3. The minimum Gasteiger partial charge on any atom is -0.225 e. The van der Waals surface area contributed by atoms with Gasteiger partial charge in [0.15, 0.2) is 0 Å². The normalized spacial score (nSPS) is 13.0. The predicted molar refractivity (Wildman–Crippen MR) is 83.3 cm³/mol. The number of rotatable bonds is 5. The van der Waals surface area contributed by atoms with E-state index >= 15 is 0 Å². The molecule has 0 amide bonds. The molecule has 6 nitrogen and oxygen atoms in total. The van der Waals surface area contributed by atoms with Crippen molar-refractivity contribution in [3.05, 3.63) is 59.7 Å². The Labute approximate surface area is 142 Å². The van der Waals surface area contributed by atoms with Gasteiger partial charge in [-0.15, -0.1) is 0 Å². The van der Waals surface area contributed by atoms with E-state index in [2.05, 4.69) is 4.72 Å². The van der Waals surface area contributed by atoms with Gasteiger partial charge in [-0.3, -0.25) is 0 Å². The van der Waals surface area contributed by atoms with Gasteiger partial charge < -0.3 is 0 Å². The summed E-state index contributed by atoms with van der Waals surface area (Å²) in [5.74, 6) is 0. The highest BCUT2D eigenvalue weighted by Crippen LogP contribution is 2.29. The summed E-state index contributed by atoms with van der Waals surface area (Å²) >= 11 is 0. The van der Waals surface area contributed by atoms with Crippen LogP contribution in [-0.2, 0) is 32.8 Å². The Hall–Kier alpha value is -1.95. The molecule has 0 radical (unpaired) electrons. The van der Waals surface area contributed by atoms with Gasteiger partial charge in [0.1, 0.15) is 0 Å². The van der Waals surface area contributed by atoms with Crippen LogP contribution in [0.5, 0.6) is 0 Å². The van der Waals surface area contributed by atoms with E-state index in [0.29, 0.717) is 0 Å². The standard InChI is InChI=1S/C14H13F3N2O4S2/c15-14(16,17)11-3-1-2-10(8-11)9-19-25(22,23)13-6-4-12(5-7-13)24(18,20)21/h1-8,19H,9H2,(H2,18,20,21). The Morgan fingerprint density at radius 2 is 1.48 bits per heavy atom. The summed E-state index contributed by atoms with van der Waals surface area (Å²) in [4.78, 5) is -0.504. The Bertz CT molecular complexity index is 970. The maximum Gasteiger partial charge on any atom is 0.416 e. The molecule has 2 aromatic rings. The molecule has 0 atom stereocenters. The number of hydrogen-bond donors (Lipinski definition) is 2. The third-order valence-corrected chi connectivity index (χ3v) is 5.53. The lowest BCUT2D eigenvalue weighted by Crippen LogP contribution is -2.23. The fourth-order valence-electron chi connectivity index (χ4n) is 1.93. The smallest absolute Gasteiger partial charge is 0.225 e. The average molecular weight is 394 g/mol. The van der Waals surface area contributed by atoms with E-state index in [9.17, 15) is 30.0 Å². The predicted octanol–water partition coefficient (Wildman–Crippen LogP) is 1.83. The van der Waals surface area contributed by atoms with Gasteiger partial charge in [-0.1, -0.05) is 18.2 Å². The number of nitrogens with one attached hydrogen (secondary N) is 1. The molecule has 0 spiro atoms. The van der Waals surface area contributed by atoms with E-state index in [1.165, 1.54) is 12.1 Å². The van der Waals surface area contributed by atoms with Gasteiger partial charge in [-0.05, 0) is 35.9 Å². The molecule has 0 fully saturated rings. The van der Waals surface area contributed by atoms with Crippen molar-refractivity contribution in [2.75, 3.05) is 0 Å². The van der Waals surface area contributed by atoms with Crippen LogP contribution in [0.4, 0.5) is 13.2 Å². The zero-order chi connectivity index (χ0) is 18.9. The molecule has 0 aliphatic rings. The van der Waals surface area contributed by atoms with Crippen molar-refractivity contribution in [2.24, 2.45) is 5.14 Å². The van der Waals surface area contributed by atoms with Gasteiger partial charge >= 0.3 is 6.18 Å². The van der Waals surface area contributed by atoms with Gasteiger partial charge in [-0.25, -0.2) is 26.7 Å². The monoisotopic (exact) mass is 394 g/mol. The first-order valence-corrected chi connectivity index (χ1v) is 9.71. The Kier molecular flexibility index (Phi) is 5.23. The van der Waals surface area contributed by atoms with Gasteiger partial charge in [0, 0.05) is 6.54 Å². The molecular formula is C14H13F3N2O4S2. The van der Waals surface area contributed by atoms with Crippen LogP contribution in [0.1, 0.15) is 11.1 Å². The highest BCUT2D eigenvalue weighted by molar-refractivity contribution is 7.89. The lowest BCUT2D eigenvalue weighted by Gasteiger charge is -2.10. The average Bonchev–Trinajstić information content (AvgIpc) is 2.52. The summed E-state index contributed by atoms with van der Waals surface area (Å²) in [5, 5.41) is 4.92. The quantitative estimate of drug-likeness (QED) is 0.807. The van der Waals surface area contributed by atoms with Crippen molar-refractivity contribution >= 4 is 20.0 Å². The zero-order valence-corrected chi connectivity index (χ0v) is 14.1. The summed E-state index contributed by atoms with van der Waals surface area (Å²) in [7, 11) is -8.00. The first kappa shape index (κ1) is 19.4. The molecule has 0 heterocycles. The Morgan fingerprint density at radius 1 is 0.920 bits per heavy atom. The summed E-state index contributed by atoms with van der Waals surface area (Å²) in [6, 6.07) is 8.36. The minimum atomic E-state index is -4.53. The van der Waals surface area contributed by atoms with Crippen LogP contribution in [0.2, 0.25) is 0 Å². The molecular weight excluding hydrogens is 381 g/mol. The van der Waals surface area contributed by atoms with E-state index in [0.717, 1.165) is 36.4 Å². The number of benzene rings is 2. The molecule has 0 aromatic heterocycles. The molecule has 0 saturated carbocycles. The van der Waals surface area contributed by atoms with Gasteiger partial charge in [-0.2, -0.15) is 13.2 Å². The topological polar surface area (TPSA) is 106 Å². The van der Waals surface area contributed by atoms with Crippen molar-refractivity contribution in [3.8, 4) is 0 Å². The van der Waals surface area contributed by atoms with E-state index in [1.54, 1.807) is 0 Å². The third kappa shape index (κ3) is 5.01. The van der Waals surface area contributed by atoms with E-state index in [1.807, 2.05) is 0 Å². The highest BCUT2D eigenvalue weighted by Gasteiger charge is 2.30. The van der Waals surface area contributed by atoms with Crippen LogP contribution in [0.15, 0.2) is 58.3 Å². The summed E-state index contributed by atoms with van der Waals surface area (Å²) in [5.41, 5.74) is -0.763. The third-order valence-electron chi connectivity index (χ3n) is 3.18. The lowest BCUT2D eigenvalue weighted by atomic mass is 10.1. The van der Waals surface area contributed by atoms with Crippen molar-refractivity contribution < 1.29 is 30.0 Å². The minimum absolute atomic E-state index is 0.125. The van der Waals surface area contributed by atoms with Crippen LogP contribution in [0.3, 0.4) is 0 Å². The molecule has 25 heavy (non-hydrogen) atoms. The number of sulfonamides is 2. The number of halogens is 3. The fraction of sp³-hybridized carbons (Fsp3) is 0.143. The maximum absolute atomic E-state index is 12.6. The molecule has 0 unspecified atom stereocenters. The van der Waals surface area contributed by atoms with Crippen LogP contribution in [0.25, 0.3) is 0 Å². The summed E-state index contributed by atoms with van der Waals surface area (Å²) in [6.45, 7) is -0.358. The fourth-order valence-corrected chi connectivity index (χ4v) is 3.46. The molecule has 2 rings (SSSR count). The Balaban J connectivity index is 2.17. The largest absolute Gasteiger partial charge is 0.416 e. The molecule has 0 saturated heterocycles. The first-order chi connectivity index (χ1) is 11.4. The molecule has 3 N–H and O–H groups in total. The van der Waals surface area contributed by atoms with Gasteiger partial charge in [0.2, 0.25) is 20.0 Å². The SMILES string of the molecule is NS(=O)(=O)c1ccc(S(=O)(=O)NCc2cccc(C(F)(F)F)c2)cc1. The summed E-state index contributed by atoms with van der Waals surface area (Å²) < 4.78 is 86.6. The molecule has 136 valence electrons. The molecule has 0 bridgehead atoms. The van der Waals surface area contributed by atoms with Crippen LogP contribution in [-0.4, -0.2) is 16.8 Å². The van der Waals surface area contributed by atoms with Crippen molar-refractivity contribution in [1.29, 1.82) is 0 Å². The van der Waals surface area contributed by atoms with Gasteiger partial charge in [0.25, 0.3) is 0 Å². The van der Waals surface area contributed by atoms with Crippen LogP contribution >= 0.6 is 0 Å². The van der Waals surface area contributed by atoms with Crippen LogP contribution < -0.4 is 9.86 Å². The van der Waals surface area contributed by atoms with Crippen molar-refractivity contribution in [1.82, 2.24) is 4.72 Å². The molecule has 0 aliphatic carbocycles. The molecule has 2 aromatic carbocycles. The number of hydrogen-bond acceptors (Lipinski definition) is 4. The molecule has 0 aliphatic heterocycles. The first-order valence-electron chi connectivity index (χ1n) is 6.68. The Morgan fingerprint density at radius 3 is 2.00 bits per heavy atom. The van der Waals surface area contributed by atoms with E-state index in [4.69, 9.17) is 5.14 Å². The lowest BCUT2D eigenvalue weighted by molar-refractivity contribution is -0.137. The number of nitrogens with two attached hydrogens (primary N) is 1. The van der Waals surface area contributed by atoms with Gasteiger partial charge in [0.05, 0.1) is 15.4 Å². The second kappa shape index (κ2) is 6.75. The van der Waals surface area contributed by atoms with E-state index < -0.39 is 31.8 Å². The van der Waals surface area contributed by atoms with Crippen molar-refractivity contribution in [3.63, 3.8) is 0 Å². The maximum atomic E-state index is 12.6. The second-order valence-electron chi connectivity index (χ2n) is 5.04. The summed E-state index contributed by atoms with van der Waals surface area (Å²) in [6.07, 6.45) is -4.53. The van der Waals surface area contributed by atoms with Crippen LogP contribution in [0, 0.1) is 0 Å². The second-order valence-corrected chi connectivity index (χ2v) is 8.37. The highest BCUT2D eigenvalue weighted by atomic mass is 32.2. The van der Waals surface area contributed by atoms with Crippen molar-refractivity contribution in [2.45, 2.75) is 22.5 Å². The number of primary sulfonamides is 1. The molecule has 11 heteroatoms. The van der Waals surface area contributed by atoms with E-state index in [-0.39, 0.29) is 21.9 Å². The zero-order valence-electron chi connectivity index (χ0n) is 12.5.